The number of carbonyl (C=O) groups excluding carboxylic acids is 1. The first-order chi connectivity index (χ1) is 21.0. The molecular weight excluding hydrogens is 542 g/mol. The van der Waals surface area contributed by atoms with Crippen LogP contribution in [0.3, 0.4) is 0 Å². The zero-order valence-corrected chi connectivity index (χ0v) is 24.2. The van der Waals surface area contributed by atoms with Crippen molar-refractivity contribution in [2.24, 2.45) is 27.7 Å². The first-order valence-corrected chi connectivity index (χ1v) is 14.6. The second kappa shape index (κ2) is 12.6. The fourth-order valence-corrected chi connectivity index (χ4v) is 5.85. The zero-order valence-electron chi connectivity index (χ0n) is 24.2. The normalized spacial score (nSPS) is 22.5. The Hall–Kier alpha value is -4.73. The van der Waals surface area contributed by atoms with Crippen molar-refractivity contribution in [3.8, 4) is 17.2 Å². The summed E-state index contributed by atoms with van der Waals surface area (Å²) in [4.78, 5) is 21.8. The van der Waals surface area contributed by atoms with Crippen molar-refractivity contribution >= 4 is 18.1 Å². The minimum Gasteiger partial charge on any atom is -0.493 e. The van der Waals surface area contributed by atoms with Gasteiger partial charge in [-0.1, -0.05) is 48.5 Å². The van der Waals surface area contributed by atoms with E-state index in [1.165, 1.54) is 0 Å². The van der Waals surface area contributed by atoms with Crippen LogP contribution >= 0.6 is 0 Å². The number of quaternary nitrogens is 1. The van der Waals surface area contributed by atoms with Crippen LogP contribution in [0.25, 0.3) is 0 Å². The Labute approximate surface area is 251 Å². The van der Waals surface area contributed by atoms with Gasteiger partial charge in [0.1, 0.15) is 24.3 Å². The summed E-state index contributed by atoms with van der Waals surface area (Å²) >= 11 is 0. The Morgan fingerprint density at radius 1 is 0.977 bits per heavy atom. The number of nitrogens with one attached hydrogen (secondary N) is 1. The van der Waals surface area contributed by atoms with Crippen LogP contribution in [-0.4, -0.2) is 36.4 Å². The first-order valence-electron chi connectivity index (χ1n) is 14.6. The molecule has 3 aromatic rings. The van der Waals surface area contributed by atoms with Crippen LogP contribution in [0.5, 0.6) is 17.2 Å². The number of nitrogens with zero attached hydrogens (tertiary/aromatic N) is 3. The molecule has 220 valence electrons. The van der Waals surface area contributed by atoms with E-state index < -0.39 is 0 Å². The predicted octanol–water partition coefficient (Wildman–Crippen LogP) is 6.44. The molecule has 3 aromatic carbocycles. The number of allylic oxidation sites excluding steroid dienone is 2. The molecule has 1 unspecified atom stereocenters. The lowest BCUT2D eigenvalue weighted by molar-refractivity contribution is -0.750. The number of amidine groups is 1. The number of amides is 1. The molecule has 6 rings (SSSR count). The molecule has 1 atom stereocenters. The molecule has 43 heavy (non-hydrogen) atoms. The number of alkyl carbamates (subject to hydrolysis) is 1. The van der Waals surface area contributed by atoms with Gasteiger partial charge in [0.2, 0.25) is 5.70 Å². The Balaban J connectivity index is 1.12. The van der Waals surface area contributed by atoms with Gasteiger partial charge in [-0.05, 0) is 67.5 Å². The summed E-state index contributed by atoms with van der Waals surface area (Å²) in [6.45, 7) is 0.861. The van der Waals surface area contributed by atoms with Crippen molar-refractivity contribution in [1.29, 1.82) is 0 Å². The van der Waals surface area contributed by atoms with Crippen molar-refractivity contribution in [2.75, 3.05) is 13.7 Å². The second-order valence-corrected chi connectivity index (χ2v) is 11.0. The van der Waals surface area contributed by atoms with E-state index in [1.54, 1.807) is 13.3 Å². The van der Waals surface area contributed by atoms with Crippen molar-refractivity contribution in [3.05, 3.63) is 114 Å². The van der Waals surface area contributed by atoms with Crippen LogP contribution in [0.2, 0.25) is 0 Å². The van der Waals surface area contributed by atoms with Gasteiger partial charge in [-0.15, -0.1) is 4.59 Å². The molecule has 3 aliphatic rings. The molecule has 1 amide bonds. The van der Waals surface area contributed by atoms with Crippen LogP contribution in [0.15, 0.2) is 113 Å². The highest BCUT2D eigenvalue weighted by molar-refractivity contribution is 6.00. The number of carbonyl (C=O) groups is 1. The van der Waals surface area contributed by atoms with E-state index in [4.69, 9.17) is 25.0 Å². The van der Waals surface area contributed by atoms with Crippen LogP contribution in [0, 0.1) is 11.8 Å². The summed E-state index contributed by atoms with van der Waals surface area (Å²) in [6.07, 6.45) is 8.87. The Bertz CT molecular complexity index is 1580. The molecule has 1 saturated carbocycles. The molecule has 0 bridgehead atoms. The smallest absolute Gasteiger partial charge is 0.407 e. The standard InChI is InChI=1S/C34H35N5O4/c1-41-31-20-27(16-17-30(31)43-28-10-6-3-7-11-28)33-38-32(29-22-36-18-19-39(29,33)35)26-14-12-24(13-15-26)21-37-34(40)42-23-25-8-4-2-5-9-25/h2-11,16-20,22,24,26H,12-15,21,23,35H2,1H3/p+1. The lowest BCUT2D eigenvalue weighted by atomic mass is 9.80. The van der Waals surface area contributed by atoms with E-state index in [-0.39, 0.29) is 23.2 Å². The highest BCUT2D eigenvalue weighted by Gasteiger charge is 2.46. The molecular formula is C34H36N5O4+. The molecule has 0 spiro atoms. The quantitative estimate of drug-likeness (QED) is 0.225. The number of hydrogen-bond donors (Lipinski definition) is 2. The Morgan fingerprint density at radius 2 is 1.72 bits per heavy atom. The number of hydrogen-bond acceptors (Lipinski definition) is 7. The topological polar surface area (TPSA) is 108 Å². The molecule has 1 aliphatic carbocycles. The largest absolute Gasteiger partial charge is 0.493 e. The second-order valence-electron chi connectivity index (χ2n) is 11.0. The molecule has 0 saturated heterocycles. The zero-order chi connectivity index (χ0) is 29.6. The molecule has 2 aliphatic heterocycles. The van der Waals surface area contributed by atoms with E-state index in [0.717, 1.165) is 54.0 Å². The van der Waals surface area contributed by atoms with Gasteiger partial charge in [0.15, 0.2) is 11.5 Å². The number of nitrogens with two attached hydrogens (primary N) is 1. The average molecular weight is 579 g/mol. The monoisotopic (exact) mass is 578 g/mol. The SMILES string of the molecule is COc1cc(C2=NC(C3CCC(CNC(=O)OCc4ccccc4)CC3)=C3C=NC=C[N+]23N)ccc1Oc1ccccc1. The molecule has 3 N–H and O–H groups in total. The van der Waals surface area contributed by atoms with E-state index in [2.05, 4.69) is 10.3 Å². The van der Waals surface area contributed by atoms with Gasteiger partial charge in [-0.3, -0.25) is 4.99 Å². The van der Waals surface area contributed by atoms with E-state index in [1.807, 2.05) is 91.3 Å². The van der Waals surface area contributed by atoms with Gasteiger partial charge >= 0.3 is 6.09 Å². The molecule has 1 fully saturated rings. The van der Waals surface area contributed by atoms with Crippen molar-refractivity contribution in [2.45, 2.75) is 32.3 Å². The highest BCUT2D eigenvalue weighted by Crippen LogP contribution is 2.42. The highest BCUT2D eigenvalue weighted by atomic mass is 16.5. The van der Waals surface area contributed by atoms with Crippen LogP contribution < -0.4 is 20.6 Å². The van der Waals surface area contributed by atoms with Crippen molar-refractivity contribution in [1.82, 2.24) is 5.32 Å². The van der Waals surface area contributed by atoms with Gasteiger partial charge in [-0.25, -0.2) is 4.79 Å². The third-order valence-electron chi connectivity index (χ3n) is 8.20. The van der Waals surface area contributed by atoms with Crippen LogP contribution in [0.1, 0.15) is 36.8 Å². The average Bonchev–Trinajstić information content (AvgIpc) is 3.37. The molecule has 9 nitrogen and oxygen atoms in total. The third-order valence-corrected chi connectivity index (χ3v) is 8.20. The number of ether oxygens (including phenoxy) is 3. The number of rotatable bonds is 9. The Morgan fingerprint density at radius 3 is 2.47 bits per heavy atom. The van der Waals surface area contributed by atoms with Crippen LogP contribution in [0.4, 0.5) is 4.79 Å². The lowest BCUT2D eigenvalue weighted by Gasteiger charge is -2.29. The molecule has 0 radical (unpaired) electrons. The van der Waals surface area contributed by atoms with Gasteiger partial charge in [-0.2, -0.15) is 10.8 Å². The van der Waals surface area contributed by atoms with Gasteiger partial charge in [0, 0.05) is 12.5 Å². The summed E-state index contributed by atoms with van der Waals surface area (Å²) < 4.78 is 17.1. The minimum atomic E-state index is -0.382. The summed E-state index contributed by atoms with van der Waals surface area (Å²) in [5, 5.41) is 2.94. The lowest BCUT2D eigenvalue weighted by Crippen LogP contribution is -2.53. The van der Waals surface area contributed by atoms with Gasteiger partial charge in [0.25, 0.3) is 5.84 Å². The summed E-state index contributed by atoms with van der Waals surface area (Å²) in [6, 6.07) is 25.1. The van der Waals surface area contributed by atoms with E-state index in [9.17, 15) is 4.79 Å². The van der Waals surface area contributed by atoms with E-state index >= 15 is 0 Å². The predicted molar refractivity (Wildman–Crippen MR) is 165 cm³/mol. The fraction of sp³-hybridized carbons (Fsp3) is 0.265. The van der Waals surface area contributed by atoms with Crippen molar-refractivity contribution in [3.63, 3.8) is 0 Å². The number of para-hydroxylation sites is 1. The third kappa shape index (κ3) is 6.23. The maximum atomic E-state index is 12.2. The van der Waals surface area contributed by atoms with Gasteiger partial charge in [0.05, 0.1) is 25.1 Å². The van der Waals surface area contributed by atoms with Crippen LogP contribution in [-0.2, 0) is 11.3 Å². The maximum absolute atomic E-state index is 12.2. The summed E-state index contributed by atoms with van der Waals surface area (Å²) in [5.41, 5.74) is 3.67. The molecule has 0 aromatic heterocycles. The van der Waals surface area contributed by atoms with Gasteiger partial charge < -0.3 is 19.5 Å². The Kier molecular flexibility index (Phi) is 8.35. The minimum absolute atomic E-state index is 0.0460. The molecule has 9 heteroatoms. The summed E-state index contributed by atoms with van der Waals surface area (Å²) in [5.74, 6) is 10.3. The number of methoxy groups -OCH3 is 1. The number of aliphatic imine (C=N–C) groups is 2. The maximum Gasteiger partial charge on any atom is 0.407 e. The van der Waals surface area contributed by atoms with Crippen molar-refractivity contribution < 1.29 is 23.6 Å². The summed E-state index contributed by atoms with van der Waals surface area (Å²) in [7, 11) is 1.62. The van der Waals surface area contributed by atoms with E-state index in [0.29, 0.717) is 29.8 Å². The fourth-order valence-electron chi connectivity index (χ4n) is 5.85. The number of fused-ring (bicyclic) bond motifs is 1. The molecule has 2 heterocycles. The first kappa shape index (κ1) is 28.4. The number of benzene rings is 3.